The Morgan fingerprint density at radius 1 is 0.500 bits per heavy atom. The normalized spacial score (nSPS) is 14.8. The van der Waals surface area contributed by atoms with Crippen molar-refractivity contribution < 1.29 is 30.0 Å². The van der Waals surface area contributed by atoms with Gasteiger partial charge in [-0.05, 0) is 19.8 Å². The maximum atomic E-state index is 13.7. The van der Waals surface area contributed by atoms with E-state index in [1.807, 2.05) is 0 Å². The molecule has 4 atom stereocenters. The minimum atomic E-state index is -1.53. The highest BCUT2D eigenvalue weighted by molar-refractivity contribution is 5.79. The molecule has 48 heavy (non-hydrogen) atoms. The average molecular weight is 687 g/mol. The first kappa shape index (κ1) is 46.7. The number of rotatable bonds is 34. The molecule has 0 aliphatic carbocycles. The third-order valence-electron chi connectivity index (χ3n) is 9.43. The second kappa shape index (κ2) is 31.7. The van der Waals surface area contributed by atoms with E-state index in [-0.39, 0.29) is 50.8 Å². The number of carbonyl (C=O) groups is 2. The van der Waals surface area contributed by atoms with Crippen LogP contribution in [0.5, 0.6) is 0 Å². The van der Waals surface area contributed by atoms with Crippen molar-refractivity contribution in [3.05, 3.63) is 0 Å². The second-order valence-electron chi connectivity index (χ2n) is 14.1. The third kappa shape index (κ3) is 23.2. The highest BCUT2D eigenvalue weighted by atomic mass is 16.3. The number of hydrogen-bond donors (Lipinski definition) is 6. The molecule has 0 bridgehead atoms. The number of amides is 2. The Kier molecular flexibility index (Phi) is 30.8. The molecule has 8 N–H and O–H groups in total. The van der Waals surface area contributed by atoms with E-state index in [0.717, 1.165) is 38.5 Å². The van der Waals surface area contributed by atoms with E-state index in [1.54, 1.807) is 0 Å². The zero-order chi connectivity index (χ0) is 36.0. The molecule has 0 aliphatic heterocycles. The van der Waals surface area contributed by atoms with Crippen molar-refractivity contribution in [1.29, 1.82) is 0 Å². The van der Waals surface area contributed by atoms with E-state index < -0.39 is 30.6 Å². The van der Waals surface area contributed by atoms with E-state index in [1.165, 1.54) is 107 Å². The number of hydrogen-bond acceptors (Lipinski definition) is 8. The van der Waals surface area contributed by atoms with Gasteiger partial charge in [0.1, 0.15) is 12.3 Å². The van der Waals surface area contributed by atoms with Gasteiger partial charge in [0.15, 0.2) is 0 Å². The first-order valence-electron chi connectivity index (χ1n) is 19.9. The Labute approximate surface area is 294 Å². The summed E-state index contributed by atoms with van der Waals surface area (Å²) in [7, 11) is 0. The molecule has 0 aliphatic rings. The molecule has 2 amide bonds. The van der Waals surface area contributed by atoms with Gasteiger partial charge in [0.05, 0.1) is 18.3 Å². The number of nitrogens with zero attached hydrogens (tertiary/aromatic N) is 2. The predicted molar refractivity (Wildman–Crippen MR) is 197 cm³/mol. The van der Waals surface area contributed by atoms with Crippen LogP contribution in [0, 0.1) is 0 Å². The lowest BCUT2D eigenvalue weighted by molar-refractivity contribution is -0.163. The fourth-order valence-electron chi connectivity index (χ4n) is 6.27. The molecule has 0 saturated carbocycles. The molecule has 286 valence electrons. The van der Waals surface area contributed by atoms with Gasteiger partial charge >= 0.3 is 0 Å². The maximum absolute atomic E-state index is 13.7. The van der Waals surface area contributed by atoms with Crippen LogP contribution >= 0.6 is 0 Å². The summed E-state index contributed by atoms with van der Waals surface area (Å²) in [5.41, 5.74) is 11.4. The smallest absolute Gasteiger partial charge is 0.224 e. The highest BCUT2D eigenvalue weighted by Gasteiger charge is 2.40. The Balaban J connectivity index is 5.38. The Morgan fingerprint density at radius 2 is 0.771 bits per heavy atom. The molecule has 10 nitrogen and oxygen atoms in total. The summed E-state index contributed by atoms with van der Waals surface area (Å²) in [5.74, 6) is -0.671. The van der Waals surface area contributed by atoms with Crippen molar-refractivity contribution in [3.8, 4) is 0 Å². The lowest BCUT2D eigenvalue weighted by Crippen LogP contribution is -2.63. The van der Waals surface area contributed by atoms with Gasteiger partial charge in [-0.2, -0.15) is 0 Å². The predicted octanol–water partition coefficient (Wildman–Crippen LogP) is 5.75. The van der Waals surface area contributed by atoms with Gasteiger partial charge in [0, 0.05) is 39.0 Å². The zero-order valence-corrected chi connectivity index (χ0v) is 31.3. The SMILES string of the molecule is CCCCCCCCCCCCCC(=O)N(CC(O)CN)C(C(O)C(C)O)N(CC(O)CN)C(=O)CCCCCCCCCCCCC. The standard InChI is InChI=1S/C38H78N4O6/c1-4-6-8-10-12-14-16-18-20-22-24-26-35(46)41(30-33(44)28-39)38(37(48)32(3)43)42(31-34(45)29-40)36(47)27-25-23-21-19-17-15-13-11-9-7-5-2/h32-34,37-38,43-45,48H,4-31,39-40H2,1-3H3. The topological polar surface area (TPSA) is 174 Å². The van der Waals surface area contributed by atoms with E-state index in [2.05, 4.69) is 13.8 Å². The van der Waals surface area contributed by atoms with Crippen LogP contribution in [0.3, 0.4) is 0 Å². The molecule has 0 fully saturated rings. The highest BCUT2D eigenvalue weighted by Crippen LogP contribution is 2.21. The Bertz CT molecular complexity index is 705. The van der Waals surface area contributed by atoms with E-state index in [4.69, 9.17) is 11.5 Å². The molecule has 0 spiro atoms. The van der Waals surface area contributed by atoms with Gasteiger partial charge in [0.25, 0.3) is 0 Å². The molecule has 0 aromatic carbocycles. The minimum Gasteiger partial charge on any atom is -0.391 e. The zero-order valence-electron chi connectivity index (χ0n) is 31.3. The van der Waals surface area contributed by atoms with Gasteiger partial charge in [0.2, 0.25) is 11.8 Å². The summed E-state index contributed by atoms with van der Waals surface area (Å²) in [6.07, 6.45) is 19.2. The molecule has 0 rings (SSSR count). The van der Waals surface area contributed by atoms with Crippen LogP contribution in [0.2, 0.25) is 0 Å². The molecule has 4 unspecified atom stereocenters. The maximum Gasteiger partial charge on any atom is 0.224 e. The van der Waals surface area contributed by atoms with Crippen LogP contribution in [0.4, 0.5) is 0 Å². The number of aliphatic hydroxyl groups excluding tert-OH is 4. The van der Waals surface area contributed by atoms with Gasteiger partial charge < -0.3 is 41.7 Å². The van der Waals surface area contributed by atoms with Gasteiger partial charge in [-0.1, -0.05) is 142 Å². The summed E-state index contributed by atoms with van der Waals surface area (Å²) < 4.78 is 0. The van der Waals surface area contributed by atoms with Crippen molar-refractivity contribution in [2.24, 2.45) is 11.5 Å². The van der Waals surface area contributed by atoms with E-state index in [0.29, 0.717) is 12.8 Å². The average Bonchev–Trinajstić information content (AvgIpc) is 3.07. The number of unbranched alkanes of at least 4 members (excludes halogenated alkanes) is 20. The first-order valence-corrected chi connectivity index (χ1v) is 19.9. The first-order chi connectivity index (χ1) is 23.1. The number of carbonyl (C=O) groups excluding carboxylic acids is 2. The molecule has 0 saturated heterocycles. The molecule has 0 aromatic heterocycles. The summed E-state index contributed by atoms with van der Waals surface area (Å²) >= 11 is 0. The molecular weight excluding hydrogens is 608 g/mol. The Hall–Kier alpha value is -1.30. The number of aliphatic hydroxyl groups is 4. The fourth-order valence-corrected chi connectivity index (χ4v) is 6.27. The largest absolute Gasteiger partial charge is 0.391 e. The molecule has 0 aromatic rings. The second-order valence-corrected chi connectivity index (χ2v) is 14.1. The molecular formula is C38H78N4O6. The van der Waals surface area contributed by atoms with Crippen LogP contribution in [0.1, 0.15) is 175 Å². The summed E-state index contributed by atoms with van der Waals surface area (Å²) in [4.78, 5) is 30.0. The van der Waals surface area contributed by atoms with Crippen LogP contribution in [0.15, 0.2) is 0 Å². The van der Waals surface area contributed by atoms with E-state index >= 15 is 0 Å². The van der Waals surface area contributed by atoms with Crippen LogP contribution < -0.4 is 11.5 Å². The number of nitrogens with two attached hydrogens (primary N) is 2. The van der Waals surface area contributed by atoms with Gasteiger partial charge in [-0.3, -0.25) is 9.59 Å². The molecule has 10 heteroatoms. The summed E-state index contributed by atoms with van der Waals surface area (Å²) in [6.45, 7) is 5.21. The van der Waals surface area contributed by atoms with Crippen LogP contribution in [-0.2, 0) is 9.59 Å². The van der Waals surface area contributed by atoms with Crippen molar-refractivity contribution >= 4 is 11.8 Å². The van der Waals surface area contributed by atoms with Crippen LogP contribution in [-0.4, -0.2) is 98.8 Å². The minimum absolute atomic E-state index is 0.113. The van der Waals surface area contributed by atoms with Crippen molar-refractivity contribution in [2.75, 3.05) is 26.2 Å². The lowest BCUT2D eigenvalue weighted by Gasteiger charge is -2.44. The monoisotopic (exact) mass is 687 g/mol. The van der Waals surface area contributed by atoms with Crippen LogP contribution in [0.25, 0.3) is 0 Å². The van der Waals surface area contributed by atoms with Gasteiger partial charge in [-0.25, -0.2) is 0 Å². The third-order valence-corrected chi connectivity index (χ3v) is 9.43. The van der Waals surface area contributed by atoms with Crippen molar-refractivity contribution in [2.45, 2.75) is 205 Å². The van der Waals surface area contributed by atoms with Crippen molar-refractivity contribution in [3.63, 3.8) is 0 Å². The van der Waals surface area contributed by atoms with Gasteiger partial charge in [-0.15, -0.1) is 0 Å². The quantitative estimate of drug-likeness (QED) is 0.0367. The van der Waals surface area contributed by atoms with E-state index in [9.17, 15) is 30.0 Å². The molecule has 0 radical (unpaired) electrons. The van der Waals surface area contributed by atoms with Crippen molar-refractivity contribution in [1.82, 2.24) is 9.80 Å². The Morgan fingerprint density at radius 3 is 1.02 bits per heavy atom. The lowest BCUT2D eigenvalue weighted by atomic mass is 10.0. The summed E-state index contributed by atoms with van der Waals surface area (Å²) in [6, 6.07) is 0. The fraction of sp³-hybridized carbons (Fsp3) is 0.947. The summed E-state index contributed by atoms with van der Waals surface area (Å²) in [5, 5.41) is 42.8. The molecule has 0 heterocycles.